The molecule has 2 aromatic rings. The average Bonchev–Trinajstić information content (AvgIpc) is 2.78. The minimum Gasteiger partial charge on any atom is -0.497 e. The third-order valence-electron chi connectivity index (χ3n) is 6.20. The van der Waals surface area contributed by atoms with Crippen LogP contribution in [0.25, 0.3) is 0 Å². The number of piperidine rings is 1. The Kier molecular flexibility index (Phi) is 6.18. The molecule has 1 fully saturated rings. The smallest absolute Gasteiger partial charge is 0.243 e. The van der Waals surface area contributed by atoms with Gasteiger partial charge in [0.05, 0.1) is 18.0 Å². The van der Waals surface area contributed by atoms with Gasteiger partial charge in [-0.15, -0.1) is 0 Å². The van der Waals surface area contributed by atoms with E-state index < -0.39 is 15.6 Å². The van der Waals surface area contributed by atoms with Crippen molar-refractivity contribution in [3.05, 3.63) is 54.1 Å². The molecule has 4 rings (SSSR count). The van der Waals surface area contributed by atoms with Crippen LogP contribution >= 0.6 is 0 Å². The fourth-order valence-corrected chi connectivity index (χ4v) is 5.97. The Morgan fingerprint density at radius 1 is 1.12 bits per heavy atom. The Hall–Kier alpha value is -2.58. The summed E-state index contributed by atoms with van der Waals surface area (Å²) >= 11 is 0. The summed E-state index contributed by atoms with van der Waals surface area (Å²) in [5.74, 6) is 1.17. The van der Waals surface area contributed by atoms with Gasteiger partial charge in [-0.05, 0) is 51.0 Å². The molecule has 0 spiro atoms. The molecule has 1 atom stereocenters. The molecule has 0 aliphatic carbocycles. The highest BCUT2D eigenvalue weighted by molar-refractivity contribution is 7.89. The third kappa shape index (κ3) is 4.61. The number of nitrogens with one attached hydrogen (secondary N) is 1. The van der Waals surface area contributed by atoms with Crippen molar-refractivity contribution in [3.63, 3.8) is 0 Å². The lowest BCUT2D eigenvalue weighted by atomic mass is 9.88. The van der Waals surface area contributed by atoms with Gasteiger partial charge in [0.2, 0.25) is 15.9 Å². The molecule has 1 amide bonds. The first-order chi connectivity index (χ1) is 15.2. The minimum absolute atomic E-state index is 0.0359. The molecule has 2 aliphatic heterocycles. The normalized spacial score (nSPS) is 21.3. The molecule has 172 valence electrons. The fourth-order valence-electron chi connectivity index (χ4n) is 4.48. The lowest BCUT2D eigenvalue weighted by Crippen LogP contribution is -2.46. The minimum atomic E-state index is -3.53. The van der Waals surface area contributed by atoms with E-state index in [1.807, 2.05) is 32.0 Å². The molecule has 2 heterocycles. The predicted molar refractivity (Wildman–Crippen MR) is 121 cm³/mol. The van der Waals surface area contributed by atoms with Crippen molar-refractivity contribution in [2.75, 3.05) is 20.2 Å². The van der Waals surface area contributed by atoms with Gasteiger partial charge in [-0.2, -0.15) is 4.31 Å². The van der Waals surface area contributed by atoms with Gasteiger partial charge >= 0.3 is 0 Å². The van der Waals surface area contributed by atoms with Gasteiger partial charge in [0.1, 0.15) is 17.1 Å². The Morgan fingerprint density at radius 3 is 2.47 bits per heavy atom. The molecule has 2 aromatic carbocycles. The van der Waals surface area contributed by atoms with Crippen molar-refractivity contribution < 1.29 is 22.7 Å². The van der Waals surface area contributed by atoms with Crippen LogP contribution in [0.15, 0.2) is 53.4 Å². The summed E-state index contributed by atoms with van der Waals surface area (Å²) in [7, 11) is -1.92. The molecule has 8 heteroatoms. The molecule has 7 nitrogen and oxygen atoms in total. The van der Waals surface area contributed by atoms with E-state index in [2.05, 4.69) is 5.32 Å². The van der Waals surface area contributed by atoms with Gasteiger partial charge in [-0.1, -0.05) is 18.2 Å². The van der Waals surface area contributed by atoms with Crippen LogP contribution in [-0.2, 0) is 14.8 Å². The van der Waals surface area contributed by atoms with Gasteiger partial charge in [0.15, 0.2) is 0 Å². The average molecular weight is 459 g/mol. The first-order valence-electron chi connectivity index (χ1n) is 10.9. The topological polar surface area (TPSA) is 84.9 Å². The highest BCUT2D eigenvalue weighted by atomic mass is 32.2. The lowest BCUT2D eigenvalue weighted by Gasteiger charge is -2.39. The lowest BCUT2D eigenvalue weighted by molar-refractivity contribution is -0.127. The SMILES string of the molecule is COc1ccc2c(c1)OC(C)(C)C[C@@H]2NC(=O)C1CCN(S(=O)(=O)c2ccccc2)CC1. The van der Waals surface area contributed by atoms with E-state index in [1.165, 1.54) is 4.31 Å². The fraction of sp³-hybridized carbons (Fsp3) is 0.458. The van der Waals surface area contributed by atoms with E-state index in [0.29, 0.717) is 43.0 Å². The summed E-state index contributed by atoms with van der Waals surface area (Å²) in [6.45, 7) is 4.67. The number of sulfonamides is 1. The Labute approximate surface area is 189 Å². The Morgan fingerprint density at radius 2 is 1.81 bits per heavy atom. The first kappa shape index (κ1) is 22.6. The zero-order valence-corrected chi connectivity index (χ0v) is 19.5. The van der Waals surface area contributed by atoms with Crippen LogP contribution in [0.1, 0.15) is 44.7 Å². The number of carbonyl (C=O) groups excluding carboxylic acids is 1. The number of nitrogens with zero attached hydrogens (tertiary/aromatic N) is 1. The molecule has 32 heavy (non-hydrogen) atoms. The van der Waals surface area contributed by atoms with Gasteiger partial charge < -0.3 is 14.8 Å². The molecular formula is C24H30N2O5S. The molecule has 1 N–H and O–H groups in total. The third-order valence-corrected chi connectivity index (χ3v) is 8.11. The summed E-state index contributed by atoms with van der Waals surface area (Å²) in [6.07, 6.45) is 1.65. The van der Waals surface area contributed by atoms with Crippen molar-refractivity contribution in [2.24, 2.45) is 5.92 Å². The molecule has 0 saturated carbocycles. The second-order valence-corrected chi connectivity index (χ2v) is 11.0. The number of fused-ring (bicyclic) bond motifs is 1. The van der Waals surface area contributed by atoms with Gasteiger partial charge in [0, 0.05) is 37.1 Å². The van der Waals surface area contributed by atoms with Crippen LogP contribution in [0.4, 0.5) is 0 Å². The number of carbonyl (C=O) groups is 1. The zero-order chi connectivity index (χ0) is 22.9. The predicted octanol–water partition coefficient (Wildman–Crippen LogP) is 3.51. The molecule has 0 bridgehead atoms. The summed E-state index contributed by atoms with van der Waals surface area (Å²) < 4.78 is 38.6. The van der Waals surface area contributed by atoms with Crippen molar-refractivity contribution >= 4 is 15.9 Å². The van der Waals surface area contributed by atoms with Crippen LogP contribution in [0.2, 0.25) is 0 Å². The number of hydrogen-bond acceptors (Lipinski definition) is 5. The Bertz CT molecular complexity index is 1080. The van der Waals surface area contributed by atoms with E-state index in [0.717, 1.165) is 11.3 Å². The highest BCUT2D eigenvalue weighted by Gasteiger charge is 2.37. The first-order valence-corrected chi connectivity index (χ1v) is 12.4. The quantitative estimate of drug-likeness (QED) is 0.741. The van der Waals surface area contributed by atoms with E-state index in [4.69, 9.17) is 9.47 Å². The summed E-state index contributed by atoms with van der Waals surface area (Å²) in [5, 5.41) is 3.20. The maximum Gasteiger partial charge on any atom is 0.243 e. The maximum absolute atomic E-state index is 13.1. The summed E-state index contributed by atoms with van der Waals surface area (Å²) in [4.78, 5) is 13.4. The Balaban J connectivity index is 1.42. The van der Waals surface area contributed by atoms with E-state index in [1.54, 1.807) is 37.4 Å². The van der Waals surface area contributed by atoms with Crippen LogP contribution in [0, 0.1) is 5.92 Å². The van der Waals surface area contributed by atoms with Crippen molar-refractivity contribution in [1.29, 1.82) is 0 Å². The molecule has 2 aliphatic rings. The van der Waals surface area contributed by atoms with Gasteiger partial charge in [-0.25, -0.2) is 8.42 Å². The molecule has 0 unspecified atom stereocenters. The van der Waals surface area contributed by atoms with Gasteiger partial charge in [-0.3, -0.25) is 4.79 Å². The van der Waals surface area contributed by atoms with Crippen molar-refractivity contribution in [3.8, 4) is 11.5 Å². The number of methoxy groups -OCH3 is 1. The van der Waals surface area contributed by atoms with E-state index in [-0.39, 0.29) is 17.9 Å². The second-order valence-electron chi connectivity index (χ2n) is 9.02. The maximum atomic E-state index is 13.1. The molecular weight excluding hydrogens is 428 g/mol. The van der Waals surface area contributed by atoms with Crippen LogP contribution < -0.4 is 14.8 Å². The van der Waals surface area contributed by atoms with Crippen molar-refractivity contribution in [1.82, 2.24) is 9.62 Å². The number of benzene rings is 2. The monoisotopic (exact) mass is 458 g/mol. The standard InChI is InChI=1S/C24H30N2O5S/c1-24(2)16-21(20-10-9-18(30-3)15-22(20)31-24)25-23(27)17-11-13-26(14-12-17)32(28,29)19-7-5-4-6-8-19/h4-10,15,17,21H,11-14,16H2,1-3H3,(H,25,27)/t21-/m0/s1. The van der Waals surface area contributed by atoms with Gasteiger partial charge in [0.25, 0.3) is 0 Å². The summed E-state index contributed by atoms with van der Waals surface area (Å²) in [6, 6.07) is 13.9. The van der Waals surface area contributed by atoms with Crippen LogP contribution in [0.3, 0.4) is 0 Å². The zero-order valence-electron chi connectivity index (χ0n) is 18.7. The number of hydrogen-bond donors (Lipinski definition) is 1. The van der Waals surface area contributed by atoms with Crippen LogP contribution in [0.5, 0.6) is 11.5 Å². The molecule has 1 saturated heterocycles. The van der Waals surface area contributed by atoms with E-state index >= 15 is 0 Å². The summed E-state index contributed by atoms with van der Waals surface area (Å²) in [5.41, 5.74) is 0.507. The van der Waals surface area contributed by atoms with E-state index in [9.17, 15) is 13.2 Å². The second kappa shape index (κ2) is 8.75. The van der Waals surface area contributed by atoms with Crippen LogP contribution in [-0.4, -0.2) is 44.4 Å². The number of ether oxygens (including phenoxy) is 2. The number of rotatable bonds is 5. The highest BCUT2D eigenvalue weighted by Crippen LogP contribution is 2.41. The number of amides is 1. The molecule has 0 aromatic heterocycles. The largest absolute Gasteiger partial charge is 0.497 e. The molecule has 0 radical (unpaired) electrons. The van der Waals surface area contributed by atoms with Crippen molar-refractivity contribution in [2.45, 2.75) is 49.6 Å².